The summed E-state index contributed by atoms with van der Waals surface area (Å²) < 4.78 is 34.8. The highest BCUT2D eigenvalue weighted by Crippen LogP contribution is 2.17. The SMILES string of the molecule is CON=CC(F)C(OC(=O)c1ccc(OC)cc1)C(O)COC(=O)c1ccc(OC)cc1. The van der Waals surface area contributed by atoms with E-state index in [1.54, 1.807) is 12.1 Å². The molecule has 0 aromatic heterocycles. The zero-order chi connectivity index (χ0) is 23.5. The van der Waals surface area contributed by atoms with Gasteiger partial charge in [0.25, 0.3) is 0 Å². The summed E-state index contributed by atoms with van der Waals surface area (Å²) in [5.41, 5.74) is 0.302. The Morgan fingerprint density at radius 1 is 0.938 bits per heavy atom. The van der Waals surface area contributed by atoms with Gasteiger partial charge in [0, 0.05) is 0 Å². The van der Waals surface area contributed by atoms with Crippen LogP contribution >= 0.6 is 0 Å². The summed E-state index contributed by atoms with van der Waals surface area (Å²) in [7, 11) is 4.15. The van der Waals surface area contributed by atoms with E-state index in [-0.39, 0.29) is 11.1 Å². The van der Waals surface area contributed by atoms with Gasteiger partial charge in [0.2, 0.25) is 0 Å². The van der Waals surface area contributed by atoms with Crippen LogP contribution in [0.2, 0.25) is 0 Å². The third kappa shape index (κ3) is 6.95. The molecular weight excluding hydrogens is 425 g/mol. The summed E-state index contributed by atoms with van der Waals surface area (Å²) in [6, 6.07) is 12.0. The van der Waals surface area contributed by atoms with E-state index in [2.05, 4.69) is 9.99 Å². The zero-order valence-electron chi connectivity index (χ0n) is 17.8. The second-order valence-corrected chi connectivity index (χ2v) is 6.37. The van der Waals surface area contributed by atoms with Crippen LogP contribution < -0.4 is 9.47 Å². The summed E-state index contributed by atoms with van der Waals surface area (Å²) >= 11 is 0. The first-order chi connectivity index (χ1) is 15.4. The Kier molecular flexibility index (Phi) is 9.43. The maximum atomic E-state index is 14.6. The fourth-order valence-electron chi connectivity index (χ4n) is 2.54. The number of benzene rings is 2. The minimum atomic E-state index is -2.04. The molecule has 10 heteroatoms. The van der Waals surface area contributed by atoms with E-state index >= 15 is 0 Å². The Bertz CT molecular complexity index is 901. The lowest BCUT2D eigenvalue weighted by atomic mass is 10.1. The smallest absolute Gasteiger partial charge is 0.338 e. The Hall–Kier alpha value is -3.66. The molecule has 0 aliphatic rings. The number of carbonyl (C=O) groups is 2. The average molecular weight is 449 g/mol. The fraction of sp³-hybridized carbons (Fsp3) is 0.318. The minimum Gasteiger partial charge on any atom is -0.497 e. The molecule has 172 valence electrons. The quantitative estimate of drug-likeness (QED) is 0.316. The molecule has 32 heavy (non-hydrogen) atoms. The van der Waals surface area contributed by atoms with Crippen LogP contribution in [0.15, 0.2) is 53.7 Å². The highest BCUT2D eigenvalue weighted by atomic mass is 19.1. The number of rotatable bonds is 11. The van der Waals surface area contributed by atoms with Crippen molar-refractivity contribution in [2.75, 3.05) is 27.9 Å². The molecule has 0 aliphatic heterocycles. The Morgan fingerprint density at radius 3 is 1.91 bits per heavy atom. The molecule has 0 bridgehead atoms. The molecule has 1 N–H and O–H groups in total. The molecule has 3 unspecified atom stereocenters. The highest BCUT2D eigenvalue weighted by molar-refractivity contribution is 5.90. The van der Waals surface area contributed by atoms with Gasteiger partial charge >= 0.3 is 11.9 Å². The molecule has 0 saturated heterocycles. The first-order valence-corrected chi connectivity index (χ1v) is 9.44. The largest absolute Gasteiger partial charge is 0.497 e. The predicted molar refractivity (Wildman–Crippen MR) is 112 cm³/mol. The van der Waals surface area contributed by atoms with Crippen molar-refractivity contribution in [3.8, 4) is 11.5 Å². The predicted octanol–water partition coefficient (Wildman–Crippen LogP) is 2.42. The molecule has 2 aromatic carbocycles. The second-order valence-electron chi connectivity index (χ2n) is 6.37. The lowest BCUT2D eigenvalue weighted by molar-refractivity contribution is -0.0594. The zero-order valence-corrected chi connectivity index (χ0v) is 17.8. The summed E-state index contributed by atoms with van der Waals surface area (Å²) in [6.45, 7) is -0.632. The van der Waals surface area contributed by atoms with Crippen LogP contribution in [0.5, 0.6) is 11.5 Å². The van der Waals surface area contributed by atoms with Crippen LogP contribution in [0.4, 0.5) is 4.39 Å². The van der Waals surface area contributed by atoms with Crippen molar-refractivity contribution < 1.29 is 42.9 Å². The van der Waals surface area contributed by atoms with Crippen molar-refractivity contribution in [2.24, 2.45) is 5.16 Å². The summed E-state index contributed by atoms with van der Waals surface area (Å²) in [4.78, 5) is 29.0. The maximum absolute atomic E-state index is 14.6. The average Bonchev–Trinajstić information content (AvgIpc) is 2.83. The van der Waals surface area contributed by atoms with Gasteiger partial charge in [-0.15, -0.1) is 0 Å². The molecule has 3 atom stereocenters. The Morgan fingerprint density at radius 2 is 1.44 bits per heavy atom. The maximum Gasteiger partial charge on any atom is 0.338 e. The van der Waals surface area contributed by atoms with Gasteiger partial charge in [-0.05, 0) is 48.5 Å². The minimum absolute atomic E-state index is 0.106. The van der Waals surface area contributed by atoms with Crippen molar-refractivity contribution >= 4 is 18.2 Å². The number of carbonyl (C=O) groups excluding carboxylic acids is 2. The number of esters is 2. The van der Waals surface area contributed by atoms with Gasteiger partial charge in [0.05, 0.1) is 31.6 Å². The molecule has 2 rings (SSSR count). The first-order valence-electron chi connectivity index (χ1n) is 9.44. The number of aliphatic hydroxyl groups excluding tert-OH is 1. The van der Waals surface area contributed by atoms with Gasteiger partial charge in [0.1, 0.15) is 31.3 Å². The lowest BCUT2D eigenvalue weighted by Gasteiger charge is -2.24. The van der Waals surface area contributed by atoms with Crippen molar-refractivity contribution in [2.45, 2.75) is 18.4 Å². The fourth-order valence-corrected chi connectivity index (χ4v) is 2.54. The number of ether oxygens (including phenoxy) is 4. The van der Waals surface area contributed by atoms with E-state index < -0.39 is 36.9 Å². The molecule has 0 fully saturated rings. The third-order valence-electron chi connectivity index (χ3n) is 4.28. The van der Waals surface area contributed by atoms with E-state index in [1.807, 2.05) is 0 Å². The van der Waals surface area contributed by atoms with Crippen molar-refractivity contribution in [1.29, 1.82) is 0 Å². The van der Waals surface area contributed by atoms with E-state index in [0.717, 1.165) is 6.21 Å². The van der Waals surface area contributed by atoms with Gasteiger partial charge in [-0.2, -0.15) is 0 Å². The van der Waals surface area contributed by atoms with Crippen LogP contribution in [0.3, 0.4) is 0 Å². The standard InChI is InChI=1S/C22H24FNO8/c1-28-16-8-4-14(5-9-16)21(26)31-13-19(25)20(18(23)12-24-30-3)32-22(27)15-6-10-17(29-2)11-7-15/h4-12,18-20,25H,13H2,1-3H3. The molecule has 0 amide bonds. The molecule has 0 heterocycles. The molecular formula is C22H24FNO8. The molecule has 9 nitrogen and oxygen atoms in total. The number of halogens is 1. The number of hydrogen-bond acceptors (Lipinski definition) is 9. The molecule has 0 aliphatic carbocycles. The van der Waals surface area contributed by atoms with E-state index in [0.29, 0.717) is 11.5 Å². The molecule has 2 aromatic rings. The van der Waals surface area contributed by atoms with Crippen LogP contribution in [0.1, 0.15) is 20.7 Å². The van der Waals surface area contributed by atoms with Gasteiger partial charge in [-0.3, -0.25) is 0 Å². The van der Waals surface area contributed by atoms with Gasteiger partial charge in [0.15, 0.2) is 12.3 Å². The number of oxime groups is 1. The molecule has 0 radical (unpaired) electrons. The lowest BCUT2D eigenvalue weighted by Crippen LogP contribution is -2.43. The van der Waals surface area contributed by atoms with E-state index in [9.17, 15) is 19.1 Å². The number of hydrogen-bond donors (Lipinski definition) is 1. The van der Waals surface area contributed by atoms with Crippen LogP contribution in [-0.4, -0.2) is 69.6 Å². The Balaban J connectivity index is 2.07. The van der Waals surface area contributed by atoms with Crippen LogP contribution in [0, 0.1) is 0 Å². The number of nitrogens with zero attached hydrogens (tertiary/aromatic N) is 1. The van der Waals surface area contributed by atoms with Gasteiger partial charge in [-0.25, -0.2) is 14.0 Å². The Labute approximate surface area is 184 Å². The van der Waals surface area contributed by atoms with E-state index in [4.69, 9.17) is 18.9 Å². The summed E-state index contributed by atoms with van der Waals surface area (Å²) in [5, 5.41) is 13.7. The normalized spacial score (nSPS) is 13.7. The third-order valence-corrected chi connectivity index (χ3v) is 4.28. The van der Waals surface area contributed by atoms with Gasteiger partial charge in [-0.1, -0.05) is 5.16 Å². The summed E-state index contributed by atoms with van der Waals surface area (Å²) in [5.74, 6) is -0.594. The monoisotopic (exact) mass is 449 g/mol. The van der Waals surface area contributed by atoms with Crippen LogP contribution in [0.25, 0.3) is 0 Å². The molecule has 0 spiro atoms. The highest BCUT2D eigenvalue weighted by Gasteiger charge is 2.33. The summed E-state index contributed by atoms with van der Waals surface area (Å²) in [6.07, 6.45) is -4.71. The molecule has 0 saturated carbocycles. The second kappa shape index (κ2) is 12.3. The topological polar surface area (TPSA) is 113 Å². The van der Waals surface area contributed by atoms with Crippen molar-refractivity contribution in [1.82, 2.24) is 0 Å². The number of methoxy groups -OCH3 is 2. The first kappa shape index (κ1) is 24.6. The van der Waals surface area contributed by atoms with Gasteiger partial charge < -0.3 is 28.9 Å². The van der Waals surface area contributed by atoms with Crippen molar-refractivity contribution in [3.05, 3.63) is 59.7 Å². The number of alkyl halides is 1. The van der Waals surface area contributed by atoms with E-state index in [1.165, 1.54) is 57.7 Å². The number of aliphatic hydroxyl groups is 1. The van der Waals surface area contributed by atoms with Crippen LogP contribution in [-0.2, 0) is 14.3 Å². The van der Waals surface area contributed by atoms with Crippen molar-refractivity contribution in [3.63, 3.8) is 0 Å².